The van der Waals surface area contributed by atoms with Crippen LogP contribution in [-0.2, 0) is 6.54 Å². The molecule has 5 rings (SSSR count). The zero-order chi connectivity index (χ0) is 21.0. The number of nitrogens with zero attached hydrogens (tertiary/aromatic N) is 3. The third-order valence-electron chi connectivity index (χ3n) is 7.15. The highest BCUT2D eigenvalue weighted by Crippen LogP contribution is 2.33. The summed E-state index contributed by atoms with van der Waals surface area (Å²) in [5, 5.41) is 1.98. The Hall–Kier alpha value is -1.98. The zero-order valence-electron chi connectivity index (χ0n) is 18.4. The second-order valence-corrected chi connectivity index (χ2v) is 10.2. The van der Waals surface area contributed by atoms with E-state index >= 15 is 0 Å². The summed E-state index contributed by atoms with van der Waals surface area (Å²) in [5.74, 6) is 1.52. The van der Waals surface area contributed by atoms with Gasteiger partial charge >= 0.3 is 0 Å². The first-order valence-corrected chi connectivity index (χ1v) is 13.0. The van der Waals surface area contributed by atoms with Crippen molar-refractivity contribution in [2.24, 2.45) is 0 Å². The Morgan fingerprint density at radius 3 is 2.32 bits per heavy atom. The molecule has 2 fully saturated rings. The number of fused-ring (bicyclic) bond motifs is 1. The van der Waals surface area contributed by atoms with Gasteiger partial charge in [0.25, 0.3) is 5.56 Å². The fourth-order valence-electron chi connectivity index (χ4n) is 5.31. The third-order valence-corrected chi connectivity index (χ3v) is 8.04. The van der Waals surface area contributed by atoms with Gasteiger partial charge in [-0.15, -0.1) is 11.3 Å². The molecule has 1 aliphatic carbocycles. The average molecular weight is 436 g/mol. The fourth-order valence-corrected chi connectivity index (χ4v) is 6.09. The Morgan fingerprint density at radius 1 is 0.871 bits per heavy atom. The van der Waals surface area contributed by atoms with Crippen LogP contribution in [0, 0.1) is 0 Å². The lowest BCUT2D eigenvalue weighted by Gasteiger charge is -2.23. The summed E-state index contributed by atoms with van der Waals surface area (Å²) in [6, 6.07) is 10.9. The highest BCUT2D eigenvalue weighted by Gasteiger charge is 2.18. The van der Waals surface area contributed by atoms with Crippen LogP contribution in [0.2, 0.25) is 0 Å². The summed E-state index contributed by atoms with van der Waals surface area (Å²) in [6.07, 6.45) is 11.9. The Kier molecular flexibility index (Phi) is 6.51. The monoisotopic (exact) mass is 435 g/mol. The lowest BCUT2D eigenvalue weighted by molar-refractivity contribution is 0.272. The maximum Gasteiger partial charge on any atom is 0.271 e. The molecule has 1 aliphatic heterocycles. The first kappa shape index (κ1) is 20.9. The number of hydrogen-bond acceptors (Lipinski definition) is 4. The van der Waals surface area contributed by atoms with Crippen molar-refractivity contribution in [1.29, 1.82) is 0 Å². The Bertz CT molecular complexity index is 1050. The number of likely N-dealkylation sites (tertiary alicyclic amines) is 1. The summed E-state index contributed by atoms with van der Waals surface area (Å²) in [7, 11) is 0. The molecule has 2 aromatic heterocycles. The van der Waals surface area contributed by atoms with Crippen LogP contribution in [0.25, 0.3) is 21.6 Å². The summed E-state index contributed by atoms with van der Waals surface area (Å²) >= 11 is 1.51. The minimum absolute atomic E-state index is 0.112. The molecule has 0 unspecified atom stereocenters. The molecule has 4 nitrogen and oxygen atoms in total. The molecule has 0 N–H and O–H groups in total. The van der Waals surface area contributed by atoms with Crippen LogP contribution in [0.15, 0.2) is 40.5 Å². The van der Waals surface area contributed by atoms with Crippen molar-refractivity contribution in [3.05, 3.63) is 51.6 Å². The van der Waals surface area contributed by atoms with Crippen LogP contribution >= 0.6 is 11.3 Å². The second-order valence-electron chi connectivity index (χ2n) is 9.24. The van der Waals surface area contributed by atoms with Crippen LogP contribution in [0.5, 0.6) is 0 Å². The van der Waals surface area contributed by atoms with Crippen molar-refractivity contribution >= 4 is 21.6 Å². The smallest absolute Gasteiger partial charge is 0.271 e. The van der Waals surface area contributed by atoms with Crippen LogP contribution in [0.3, 0.4) is 0 Å². The van der Waals surface area contributed by atoms with Crippen LogP contribution in [0.4, 0.5) is 0 Å². The summed E-state index contributed by atoms with van der Waals surface area (Å²) in [6.45, 7) is 3.93. The fraction of sp³-hybridized carbons (Fsp3) is 0.538. The molecule has 1 saturated heterocycles. The SMILES string of the molecule is O=c1c2sccc2nc(-c2ccc(C3CCCCC3)cc2)n1CCN1CCCCCC1. The first-order valence-electron chi connectivity index (χ1n) is 12.1. The lowest BCUT2D eigenvalue weighted by atomic mass is 9.84. The molecule has 0 bridgehead atoms. The molecule has 3 aromatic rings. The molecule has 2 aliphatic rings. The summed E-state index contributed by atoms with van der Waals surface area (Å²) in [5.41, 5.74) is 3.44. The van der Waals surface area contributed by atoms with Crippen molar-refractivity contribution in [3.8, 4) is 11.4 Å². The van der Waals surface area contributed by atoms with E-state index in [1.165, 1.54) is 74.7 Å². The predicted molar refractivity (Wildman–Crippen MR) is 130 cm³/mol. The van der Waals surface area contributed by atoms with E-state index in [1.54, 1.807) is 0 Å². The molecule has 0 radical (unpaired) electrons. The van der Waals surface area contributed by atoms with Gasteiger partial charge in [0.2, 0.25) is 0 Å². The Labute approximate surface area is 188 Å². The molecule has 1 aromatic carbocycles. The van der Waals surface area contributed by atoms with E-state index < -0.39 is 0 Å². The number of thiophene rings is 1. The van der Waals surface area contributed by atoms with Gasteiger partial charge in [0, 0.05) is 18.7 Å². The van der Waals surface area contributed by atoms with E-state index in [4.69, 9.17) is 4.98 Å². The minimum atomic E-state index is 0.112. The molecule has 164 valence electrons. The summed E-state index contributed by atoms with van der Waals surface area (Å²) < 4.78 is 2.71. The number of aromatic nitrogens is 2. The highest BCUT2D eigenvalue weighted by molar-refractivity contribution is 7.17. The standard InChI is InChI=1S/C26H33N3OS/c30-26-24-23(14-19-31-24)27-25(29(26)18-17-28-15-6-1-2-7-16-28)22-12-10-21(11-13-22)20-8-4-3-5-9-20/h10-14,19-20H,1-9,15-18H2. The Morgan fingerprint density at radius 2 is 1.58 bits per heavy atom. The molecular weight excluding hydrogens is 402 g/mol. The number of rotatable bonds is 5. The van der Waals surface area contributed by atoms with E-state index in [0.717, 1.165) is 41.2 Å². The first-order chi connectivity index (χ1) is 15.3. The quantitative estimate of drug-likeness (QED) is 0.490. The normalized spacial score (nSPS) is 19.0. The van der Waals surface area contributed by atoms with Crippen molar-refractivity contribution in [2.45, 2.75) is 70.3 Å². The topological polar surface area (TPSA) is 38.1 Å². The summed E-state index contributed by atoms with van der Waals surface area (Å²) in [4.78, 5) is 20.8. The van der Waals surface area contributed by atoms with E-state index in [1.807, 2.05) is 16.0 Å². The van der Waals surface area contributed by atoms with E-state index in [0.29, 0.717) is 12.5 Å². The van der Waals surface area contributed by atoms with Gasteiger partial charge in [-0.25, -0.2) is 4.98 Å². The van der Waals surface area contributed by atoms with E-state index in [9.17, 15) is 4.79 Å². The predicted octanol–water partition coefficient (Wildman–Crippen LogP) is 6.05. The van der Waals surface area contributed by atoms with Gasteiger partial charge in [-0.3, -0.25) is 9.36 Å². The molecule has 5 heteroatoms. The molecule has 31 heavy (non-hydrogen) atoms. The van der Waals surface area contributed by atoms with Gasteiger partial charge in [0.1, 0.15) is 10.5 Å². The molecular formula is C26H33N3OS. The van der Waals surface area contributed by atoms with Crippen molar-refractivity contribution in [1.82, 2.24) is 14.5 Å². The largest absolute Gasteiger partial charge is 0.302 e. The number of hydrogen-bond donors (Lipinski definition) is 0. The molecule has 1 saturated carbocycles. The third kappa shape index (κ3) is 4.63. The van der Waals surface area contributed by atoms with E-state index in [2.05, 4.69) is 29.2 Å². The highest BCUT2D eigenvalue weighted by atomic mass is 32.1. The van der Waals surface area contributed by atoms with Gasteiger partial charge in [-0.2, -0.15) is 0 Å². The second kappa shape index (κ2) is 9.66. The molecule has 3 heterocycles. The molecule has 0 amide bonds. The van der Waals surface area contributed by atoms with Gasteiger partial charge in [0.05, 0.1) is 5.52 Å². The maximum absolute atomic E-state index is 13.4. The number of benzene rings is 1. The van der Waals surface area contributed by atoms with Gasteiger partial charge < -0.3 is 4.90 Å². The Balaban J connectivity index is 1.45. The van der Waals surface area contributed by atoms with E-state index in [-0.39, 0.29) is 5.56 Å². The van der Waals surface area contributed by atoms with Crippen LogP contribution in [0.1, 0.15) is 69.3 Å². The average Bonchev–Trinajstić information content (AvgIpc) is 3.14. The van der Waals surface area contributed by atoms with Crippen molar-refractivity contribution in [2.75, 3.05) is 19.6 Å². The van der Waals surface area contributed by atoms with Crippen LogP contribution < -0.4 is 5.56 Å². The minimum Gasteiger partial charge on any atom is -0.302 e. The lowest BCUT2D eigenvalue weighted by Crippen LogP contribution is -2.32. The van der Waals surface area contributed by atoms with Crippen LogP contribution in [-0.4, -0.2) is 34.1 Å². The van der Waals surface area contributed by atoms with Gasteiger partial charge in [0.15, 0.2) is 0 Å². The maximum atomic E-state index is 13.4. The zero-order valence-corrected chi connectivity index (χ0v) is 19.2. The molecule has 0 atom stereocenters. The van der Waals surface area contributed by atoms with Crippen molar-refractivity contribution in [3.63, 3.8) is 0 Å². The van der Waals surface area contributed by atoms with Crippen molar-refractivity contribution < 1.29 is 0 Å². The van der Waals surface area contributed by atoms with Gasteiger partial charge in [-0.05, 0) is 61.7 Å². The molecule has 0 spiro atoms. The van der Waals surface area contributed by atoms with Gasteiger partial charge in [-0.1, -0.05) is 56.4 Å².